The van der Waals surface area contributed by atoms with E-state index >= 15 is 0 Å². The summed E-state index contributed by atoms with van der Waals surface area (Å²) in [6.07, 6.45) is 4.94. The number of likely N-dealkylation sites (tertiary alicyclic amines) is 1. The number of amides is 1. The number of hydrogen-bond acceptors (Lipinski definition) is 5. The molecular formula is C30H31N7O. The molecule has 3 aromatic carbocycles. The molecule has 0 aliphatic carbocycles. The van der Waals surface area contributed by atoms with E-state index in [1.54, 1.807) is 6.33 Å². The van der Waals surface area contributed by atoms with Crippen molar-refractivity contribution in [2.24, 2.45) is 5.92 Å². The third kappa shape index (κ3) is 5.35. The molecule has 1 aliphatic rings. The van der Waals surface area contributed by atoms with E-state index in [1.807, 2.05) is 42.5 Å². The Labute approximate surface area is 221 Å². The fourth-order valence-electron chi connectivity index (χ4n) is 5.30. The lowest BCUT2D eigenvalue weighted by molar-refractivity contribution is 0.0947. The Bertz CT molecular complexity index is 1500. The van der Waals surface area contributed by atoms with Crippen molar-refractivity contribution in [2.75, 3.05) is 19.6 Å². The third-order valence-corrected chi connectivity index (χ3v) is 7.43. The molecule has 8 heteroatoms. The second-order valence-corrected chi connectivity index (χ2v) is 9.99. The number of H-pyrrole nitrogens is 2. The molecule has 0 spiro atoms. The third-order valence-electron chi connectivity index (χ3n) is 7.43. The van der Waals surface area contributed by atoms with Gasteiger partial charge < -0.3 is 5.32 Å². The van der Waals surface area contributed by atoms with Crippen molar-refractivity contribution in [3.63, 3.8) is 0 Å². The molecule has 1 amide bonds. The van der Waals surface area contributed by atoms with Crippen molar-refractivity contribution in [2.45, 2.75) is 25.8 Å². The van der Waals surface area contributed by atoms with E-state index in [1.165, 1.54) is 18.4 Å². The van der Waals surface area contributed by atoms with Crippen LogP contribution in [0.1, 0.15) is 35.2 Å². The van der Waals surface area contributed by atoms with Crippen LogP contribution in [-0.2, 0) is 6.54 Å². The molecule has 5 aromatic rings. The first kappa shape index (κ1) is 24.1. The lowest BCUT2D eigenvalue weighted by Gasteiger charge is -2.32. The van der Waals surface area contributed by atoms with Gasteiger partial charge in [-0.15, -0.1) is 0 Å². The van der Waals surface area contributed by atoms with Gasteiger partial charge in [0.25, 0.3) is 5.91 Å². The van der Waals surface area contributed by atoms with Crippen LogP contribution in [0.3, 0.4) is 0 Å². The Hall–Kier alpha value is -4.30. The van der Waals surface area contributed by atoms with E-state index in [-0.39, 0.29) is 5.91 Å². The van der Waals surface area contributed by atoms with E-state index in [9.17, 15) is 4.79 Å². The number of carbonyl (C=O) groups is 1. The molecule has 1 saturated heterocycles. The lowest BCUT2D eigenvalue weighted by atomic mass is 9.93. The Kier molecular flexibility index (Phi) is 6.95. The van der Waals surface area contributed by atoms with Crippen molar-refractivity contribution >= 4 is 16.8 Å². The summed E-state index contributed by atoms with van der Waals surface area (Å²) in [6, 6.07) is 24.3. The van der Waals surface area contributed by atoms with Crippen LogP contribution >= 0.6 is 0 Å². The van der Waals surface area contributed by atoms with Crippen molar-refractivity contribution in [1.29, 1.82) is 0 Å². The van der Waals surface area contributed by atoms with Gasteiger partial charge in [0, 0.05) is 35.2 Å². The first-order valence-corrected chi connectivity index (χ1v) is 13.2. The molecule has 6 rings (SSSR count). The number of aromatic nitrogens is 5. The van der Waals surface area contributed by atoms with Crippen LogP contribution in [0, 0.1) is 5.92 Å². The number of fused-ring (bicyclic) bond motifs is 1. The highest BCUT2D eigenvalue weighted by Crippen LogP contribution is 2.30. The largest absolute Gasteiger partial charge is 0.352 e. The summed E-state index contributed by atoms with van der Waals surface area (Å²) in [5, 5.41) is 18.7. The maximum absolute atomic E-state index is 13.0. The highest BCUT2D eigenvalue weighted by molar-refractivity contribution is 5.98. The van der Waals surface area contributed by atoms with Gasteiger partial charge in [0.1, 0.15) is 6.33 Å². The monoisotopic (exact) mass is 505 g/mol. The standard InChI is InChI=1S/C30H31N7O/c38-30(31-14-11-21-12-15-37(16-13-21)19-22-5-2-1-3-6-22)25-8-4-7-23(17-25)28-26-18-24(29-32-20-33-36-29)9-10-27(26)34-35-28/h1-10,17-18,20-21H,11-16,19H2,(H,31,38)(H,34,35)(H,32,33,36). The fraction of sp³-hybridized carbons (Fsp3) is 0.267. The Morgan fingerprint density at radius 2 is 1.82 bits per heavy atom. The van der Waals surface area contributed by atoms with Gasteiger partial charge in [-0.2, -0.15) is 10.2 Å². The minimum Gasteiger partial charge on any atom is -0.352 e. The van der Waals surface area contributed by atoms with Crippen LogP contribution in [0.5, 0.6) is 0 Å². The fourth-order valence-corrected chi connectivity index (χ4v) is 5.30. The normalized spacial score (nSPS) is 14.6. The molecule has 1 fully saturated rings. The minimum absolute atomic E-state index is 0.0467. The molecule has 0 bridgehead atoms. The van der Waals surface area contributed by atoms with E-state index < -0.39 is 0 Å². The zero-order valence-corrected chi connectivity index (χ0v) is 21.2. The van der Waals surface area contributed by atoms with E-state index in [4.69, 9.17) is 0 Å². The van der Waals surface area contributed by atoms with Crippen LogP contribution in [0.15, 0.2) is 79.1 Å². The zero-order chi connectivity index (χ0) is 25.7. The average Bonchev–Trinajstić information content (AvgIpc) is 3.65. The Balaban J connectivity index is 1.05. The number of aromatic amines is 2. The number of nitrogens with zero attached hydrogens (tertiary/aromatic N) is 4. The molecule has 1 aliphatic heterocycles. The van der Waals surface area contributed by atoms with Crippen LogP contribution in [-0.4, -0.2) is 55.8 Å². The van der Waals surface area contributed by atoms with Gasteiger partial charge in [-0.3, -0.25) is 19.9 Å². The highest BCUT2D eigenvalue weighted by Gasteiger charge is 2.19. The smallest absolute Gasteiger partial charge is 0.251 e. The molecule has 8 nitrogen and oxygen atoms in total. The first-order chi connectivity index (χ1) is 18.7. The summed E-state index contributed by atoms with van der Waals surface area (Å²) in [5.74, 6) is 1.24. The summed E-state index contributed by atoms with van der Waals surface area (Å²) in [7, 11) is 0. The predicted octanol–water partition coefficient (Wildman–Crippen LogP) is 5.05. The summed E-state index contributed by atoms with van der Waals surface area (Å²) in [5.41, 5.74) is 5.53. The quantitative estimate of drug-likeness (QED) is 0.274. The summed E-state index contributed by atoms with van der Waals surface area (Å²) < 4.78 is 0. The number of rotatable bonds is 8. The SMILES string of the molecule is O=C(NCCC1CCN(Cc2ccccc2)CC1)c1cccc(-c2n[nH]c3ccc(-c4nc[nH]n4)cc23)c1. The van der Waals surface area contributed by atoms with E-state index in [2.05, 4.69) is 65.9 Å². The maximum Gasteiger partial charge on any atom is 0.251 e. The van der Waals surface area contributed by atoms with Crippen molar-refractivity contribution in [3.05, 3.63) is 90.3 Å². The lowest BCUT2D eigenvalue weighted by Crippen LogP contribution is -2.34. The zero-order valence-electron chi connectivity index (χ0n) is 21.2. The number of carbonyl (C=O) groups excluding carboxylic acids is 1. The number of nitrogens with one attached hydrogen (secondary N) is 3. The second kappa shape index (κ2) is 11.0. The summed E-state index contributed by atoms with van der Waals surface area (Å²) in [4.78, 5) is 19.7. The first-order valence-electron chi connectivity index (χ1n) is 13.2. The van der Waals surface area contributed by atoms with Crippen molar-refractivity contribution in [1.82, 2.24) is 35.6 Å². The molecule has 0 unspecified atom stereocenters. The van der Waals surface area contributed by atoms with Gasteiger partial charge in [0.15, 0.2) is 5.82 Å². The van der Waals surface area contributed by atoms with Gasteiger partial charge in [-0.25, -0.2) is 4.98 Å². The molecule has 0 saturated carbocycles. The number of piperidine rings is 1. The van der Waals surface area contributed by atoms with Crippen LogP contribution in [0.4, 0.5) is 0 Å². The summed E-state index contributed by atoms with van der Waals surface area (Å²) >= 11 is 0. The molecule has 192 valence electrons. The number of benzene rings is 3. The predicted molar refractivity (Wildman–Crippen MR) is 148 cm³/mol. The van der Waals surface area contributed by atoms with Gasteiger partial charge in [-0.05, 0) is 74.2 Å². The molecule has 3 N–H and O–H groups in total. The maximum atomic E-state index is 13.0. The minimum atomic E-state index is -0.0467. The van der Waals surface area contributed by atoms with Gasteiger partial charge >= 0.3 is 0 Å². The summed E-state index contributed by atoms with van der Waals surface area (Å²) in [6.45, 7) is 3.95. The molecule has 3 heterocycles. The van der Waals surface area contributed by atoms with Gasteiger partial charge in [-0.1, -0.05) is 42.5 Å². The molecular weight excluding hydrogens is 474 g/mol. The Morgan fingerprint density at radius 1 is 0.947 bits per heavy atom. The molecule has 2 aromatic heterocycles. The van der Waals surface area contributed by atoms with Crippen LogP contribution < -0.4 is 5.32 Å². The topological polar surface area (TPSA) is 103 Å². The van der Waals surface area contributed by atoms with Crippen molar-refractivity contribution < 1.29 is 4.79 Å². The highest BCUT2D eigenvalue weighted by atomic mass is 16.1. The van der Waals surface area contributed by atoms with Gasteiger partial charge in [0.05, 0.1) is 11.2 Å². The Morgan fingerprint density at radius 3 is 2.63 bits per heavy atom. The molecule has 0 atom stereocenters. The van der Waals surface area contributed by atoms with E-state index in [0.29, 0.717) is 23.9 Å². The van der Waals surface area contributed by atoms with Crippen LogP contribution in [0.25, 0.3) is 33.5 Å². The molecule has 38 heavy (non-hydrogen) atoms. The second-order valence-electron chi connectivity index (χ2n) is 9.99. The van der Waals surface area contributed by atoms with Crippen molar-refractivity contribution in [3.8, 4) is 22.6 Å². The molecule has 0 radical (unpaired) electrons. The van der Waals surface area contributed by atoms with Crippen LogP contribution in [0.2, 0.25) is 0 Å². The van der Waals surface area contributed by atoms with Gasteiger partial charge in [0.2, 0.25) is 0 Å². The van der Waals surface area contributed by atoms with E-state index in [0.717, 1.165) is 53.8 Å². The number of hydrogen-bond donors (Lipinski definition) is 3. The average molecular weight is 506 g/mol.